The molecule has 0 aliphatic rings. The molecule has 27 heavy (non-hydrogen) atoms. The summed E-state index contributed by atoms with van der Waals surface area (Å²) in [5.41, 5.74) is -0.465. The largest absolute Gasteiger partial charge is 0.497 e. The molecule has 0 aliphatic carbocycles. The van der Waals surface area contributed by atoms with E-state index in [1.165, 1.54) is 14.2 Å². The van der Waals surface area contributed by atoms with Crippen molar-refractivity contribution in [3.8, 4) is 11.5 Å². The summed E-state index contributed by atoms with van der Waals surface area (Å²) >= 11 is 0. The van der Waals surface area contributed by atoms with E-state index in [9.17, 15) is 22.8 Å². The lowest BCUT2D eigenvalue weighted by molar-refractivity contribution is -0.137. The lowest BCUT2D eigenvalue weighted by Crippen LogP contribution is -2.32. The Morgan fingerprint density at radius 2 is 1.67 bits per heavy atom. The molecule has 2 aromatic carbocycles. The average Bonchev–Trinajstić information content (AvgIpc) is 2.65. The van der Waals surface area contributed by atoms with Gasteiger partial charge in [-0.1, -0.05) is 0 Å². The molecule has 2 N–H and O–H groups in total. The van der Waals surface area contributed by atoms with Crippen molar-refractivity contribution >= 4 is 17.5 Å². The van der Waals surface area contributed by atoms with Crippen LogP contribution in [0.25, 0.3) is 0 Å². The number of carbonyl (C=O) groups is 2. The number of hydrogen-bond acceptors (Lipinski definition) is 4. The van der Waals surface area contributed by atoms with Gasteiger partial charge < -0.3 is 20.1 Å². The standard InChI is InChI=1S/C18H17F3N2O4/c1-26-13-7-8-14(15(9-13)27-2)23-16(24)10-22-17(25)11-3-5-12(6-4-11)18(19,20)21/h3-9H,10H2,1-2H3,(H,22,25)(H,23,24). The van der Waals surface area contributed by atoms with Crippen LogP contribution >= 0.6 is 0 Å². The summed E-state index contributed by atoms with van der Waals surface area (Å²) < 4.78 is 47.8. The first kappa shape index (κ1) is 20.1. The molecule has 0 aromatic heterocycles. The SMILES string of the molecule is COc1ccc(NC(=O)CNC(=O)c2ccc(C(F)(F)F)cc2)c(OC)c1. The number of hydrogen-bond donors (Lipinski definition) is 2. The molecule has 0 saturated heterocycles. The topological polar surface area (TPSA) is 76.7 Å². The molecular weight excluding hydrogens is 365 g/mol. The van der Waals surface area contributed by atoms with Gasteiger partial charge in [-0.25, -0.2) is 0 Å². The van der Waals surface area contributed by atoms with Crippen molar-refractivity contribution in [1.82, 2.24) is 5.32 Å². The molecule has 2 rings (SSSR count). The molecule has 0 atom stereocenters. The number of halogens is 3. The van der Waals surface area contributed by atoms with Crippen LogP contribution in [0.4, 0.5) is 18.9 Å². The van der Waals surface area contributed by atoms with Crippen LogP contribution in [0, 0.1) is 0 Å². The zero-order valence-corrected chi connectivity index (χ0v) is 14.5. The molecule has 0 radical (unpaired) electrons. The maximum absolute atomic E-state index is 12.5. The summed E-state index contributed by atoms with van der Waals surface area (Å²) in [5.74, 6) is -0.281. The maximum atomic E-state index is 12.5. The van der Waals surface area contributed by atoms with Gasteiger partial charge in [0.25, 0.3) is 5.91 Å². The van der Waals surface area contributed by atoms with Gasteiger partial charge >= 0.3 is 6.18 Å². The van der Waals surface area contributed by atoms with Gasteiger partial charge in [0.1, 0.15) is 11.5 Å². The van der Waals surface area contributed by atoms with Gasteiger partial charge in [-0.15, -0.1) is 0 Å². The van der Waals surface area contributed by atoms with Crippen molar-refractivity contribution in [3.63, 3.8) is 0 Å². The van der Waals surface area contributed by atoms with Crippen molar-refractivity contribution < 1.29 is 32.2 Å². The van der Waals surface area contributed by atoms with Crippen molar-refractivity contribution in [2.75, 3.05) is 26.1 Å². The maximum Gasteiger partial charge on any atom is 0.416 e. The Morgan fingerprint density at radius 1 is 1.00 bits per heavy atom. The first-order chi connectivity index (χ1) is 12.7. The zero-order valence-electron chi connectivity index (χ0n) is 14.5. The average molecular weight is 382 g/mol. The van der Waals surface area contributed by atoms with E-state index in [0.717, 1.165) is 24.3 Å². The van der Waals surface area contributed by atoms with Gasteiger partial charge in [-0.2, -0.15) is 13.2 Å². The van der Waals surface area contributed by atoms with E-state index in [-0.39, 0.29) is 12.1 Å². The normalized spacial score (nSPS) is 10.9. The van der Waals surface area contributed by atoms with Gasteiger partial charge in [0.15, 0.2) is 0 Å². The van der Waals surface area contributed by atoms with Gasteiger partial charge in [0.2, 0.25) is 5.91 Å². The number of benzene rings is 2. The number of amides is 2. The Hall–Kier alpha value is -3.23. The number of anilines is 1. The van der Waals surface area contributed by atoms with Crippen molar-refractivity contribution in [2.45, 2.75) is 6.18 Å². The Kier molecular flexibility index (Phi) is 6.27. The van der Waals surface area contributed by atoms with Crippen LogP contribution in [-0.4, -0.2) is 32.6 Å². The summed E-state index contributed by atoms with van der Waals surface area (Å²) in [6.07, 6.45) is -4.48. The summed E-state index contributed by atoms with van der Waals surface area (Å²) in [6, 6.07) is 8.47. The molecular formula is C18H17F3N2O4. The molecule has 9 heteroatoms. The van der Waals surface area contributed by atoms with Gasteiger partial charge in [-0.05, 0) is 36.4 Å². The summed E-state index contributed by atoms with van der Waals surface area (Å²) in [7, 11) is 2.92. The van der Waals surface area contributed by atoms with E-state index in [1.807, 2.05) is 0 Å². The molecule has 0 heterocycles. The third kappa shape index (κ3) is 5.37. The van der Waals surface area contributed by atoms with Crippen LogP contribution in [0.5, 0.6) is 11.5 Å². The predicted octanol–water partition coefficient (Wildman–Crippen LogP) is 3.09. The summed E-state index contributed by atoms with van der Waals surface area (Å²) in [5, 5.41) is 4.91. The van der Waals surface area contributed by atoms with Crippen LogP contribution in [-0.2, 0) is 11.0 Å². The molecule has 0 saturated carbocycles. The minimum Gasteiger partial charge on any atom is -0.497 e. The molecule has 0 spiro atoms. The molecule has 0 aliphatic heterocycles. The fourth-order valence-corrected chi connectivity index (χ4v) is 2.17. The Bertz CT molecular complexity index is 820. The number of nitrogens with one attached hydrogen (secondary N) is 2. The predicted molar refractivity (Wildman–Crippen MR) is 92.0 cm³/mol. The summed E-state index contributed by atoms with van der Waals surface area (Å²) in [4.78, 5) is 24.0. The minimum absolute atomic E-state index is 0.0119. The van der Waals surface area contributed by atoms with Crippen molar-refractivity contribution in [2.24, 2.45) is 0 Å². The lowest BCUT2D eigenvalue weighted by Gasteiger charge is -2.12. The van der Waals surface area contributed by atoms with Crippen molar-refractivity contribution in [3.05, 3.63) is 53.6 Å². The van der Waals surface area contributed by atoms with Crippen LogP contribution in [0.15, 0.2) is 42.5 Å². The highest BCUT2D eigenvalue weighted by Crippen LogP contribution is 2.29. The number of alkyl halides is 3. The number of methoxy groups -OCH3 is 2. The first-order valence-corrected chi connectivity index (χ1v) is 7.72. The highest BCUT2D eigenvalue weighted by atomic mass is 19.4. The van der Waals surface area contributed by atoms with Gasteiger partial charge in [0, 0.05) is 11.6 Å². The van der Waals surface area contributed by atoms with Crippen LogP contribution < -0.4 is 20.1 Å². The second-order valence-corrected chi connectivity index (χ2v) is 5.37. The highest BCUT2D eigenvalue weighted by Gasteiger charge is 2.30. The monoisotopic (exact) mass is 382 g/mol. The second kappa shape index (κ2) is 8.43. The lowest BCUT2D eigenvalue weighted by atomic mass is 10.1. The first-order valence-electron chi connectivity index (χ1n) is 7.72. The molecule has 0 fully saturated rings. The van der Waals surface area contributed by atoms with E-state index >= 15 is 0 Å². The minimum atomic E-state index is -4.48. The molecule has 0 unspecified atom stereocenters. The Labute approximate surface area is 153 Å². The molecule has 2 aromatic rings. The fraction of sp³-hybridized carbons (Fsp3) is 0.222. The molecule has 6 nitrogen and oxygen atoms in total. The molecule has 144 valence electrons. The van der Waals surface area contributed by atoms with E-state index < -0.39 is 23.6 Å². The van der Waals surface area contributed by atoms with Crippen LogP contribution in [0.1, 0.15) is 15.9 Å². The van der Waals surface area contributed by atoms with Crippen molar-refractivity contribution in [1.29, 1.82) is 0 Å². The quantitative estimate of drug-likeness (QED) is 0.805. The van der Waals surface area contributed by atoms with E-state index in [2.05, 4.69) is 10.6 Å². The Balaban J connectivity index is 1.94. The molecule has 0 bridgehead atoms. The number of ether oxygens (including phenoxy) is 2. The van der Waals surface area contributed by atoms with E-state index in [0.29, 0.717) is 17.2 Å². The smallest absolute Gasteiger partial charge is 0.416 e. The summed E-state index contributed by atoms with van der Waals surface area (Å²) in [6.45, 7) is -0.366. The molecule has 2 amide bonds. The van der Waals surface area contributed by atoms with E-state index in [1.54, 1.807) is 18.2 Å². The Morgan fingerprint density at radius 3 is 2.22 bits per heavy atom. The van der Waals surface area contributed by atoms with Crippen LogP contribution in [0.3, 0.4) is 0 Å². The fourth-order valence-electron chi connectivity index (χ4n) is 2.17. The number of rotatable bonds is 6. The van der Waals surface area contributed by atoms with Crippen LogP contribution in [0.2, 0.25) is 0 Å². The second-order valence-electron chi connectivity index (χ2n) is 5.37. The van der Waals surface area contributed by atoms with Gasteiger partial charge in [0.05, 0.1) is 32.0 Å². The third-order valence-corrected chi connectivity index (χ3v) is 3.57. The highest BCUT2D eigenvalue weighted by molar-refractivity contribution is 5.99. The van der Waals surface area contributed by atoms with E-state index in [4.69, 9.17) is 9.47 Å². The third-order valence-electron chi connectivity index (χ3n) is 3.57. The zero-order chi connectivity index (χ0) is 20.0. The number of carbonyl (C=O) groups excluding carboxylic acids is 2. The van der Waals surface area contributed by atoms with Gasteiger partial charge in [-0.3, -0.25) is 9.59 Å².